The summed E-state index contributed by atoms with van der Waals surface area (Å²) in [7, 11) is -3.88. The molecular formula is C15H14F4NO2S+. The molecule has 0 aliphatic heterocycles. The minimum absolute atomic E-state index is 0.0644. The average molecular weight is 348 g/mol. The number of alkyl halides is 3. The molecule has 0 fully saturated rings. The molecule has 2 aromatic carbocycles. The summed E-state index contributed by atoms with van der Waals surface area (Å²) in [5, 5.41) is -1.10. The Kier molecular flexibility index (Phi) is 4.76. The van der Waals surface area contributed by atoms with E-state index in [1.807, 2.05) is 0 Å². The van der Waals surface area contributed by atoms with E-state index in [1.165, 1.54) is 0 Å². The fourth-order valence-corrected chi connectivity index (χ4v) is 3.85. The largest absolute Gasteiger partial charge is 0.416 e. The Morgan fingerprint density at radius 2 is 1.48 bits per heavy atom. The number of hydrogen-bond acceptors (Lipinski definition) is 2. The summed E-state index contributed by atoms with van der Waals surface area (Å²) in [6.07, 6.45) is -4.49. The van der Waals surface area contributed by atoms with Crippen molar-refractivity contribution < 1.29 is 31.7 Å². The molecule has 0 aliphatic rings. The summed E-state index contributed by atoms with van der Waals surface area (Å²) in [6, 6.07) is 8.18. The second kappa shape index (κ2) is 6.29. The lowest BCUT2D eigenvalue weighted by molar-refractivity contribution is -0.367. The van der Waals surface area contributed by atoms with Crippen molar-refractivity contribution in [1.29, 1.82) is 0 Å². The van der Waals surface area contributed by atoms with E-state index in [0.29, 0.717) is 0 Å². The first-order chi connectivity index (χ1) is 10.7. The molecule has 0 aromatic heterocycles. The van der Waals surface area contributed by atoms with Crippen molar-refractivity contribution in [2.75, 3.05) is 6.54 Å². The topological polar surface area (TPSA) is 61.8 Å². The van der Waals surface area contributed by atoms with Crippen LogP contribution in [0.1, 0.15) is 16.4 Å². The minimum atomic E-state index is -4.49. The van der Waals surface area contributed by atoms with Gasteiger partial charge in [-0.1, -0.05) is 12.1 Å². The summed E-state index contributed by atoms with van der Waals surface area (Å²) in [5.74, 6) is -0.579. The zero-order valence-corrected chi connectivity index (χ0v) is 12.7. The third kappa shape index (κ3) is 3.70. The second-order valence-electron chi connectivity index (χ2n) is 4.90. The van der Waals surface area contributed by atoms with Crippen molar-refractivity contribution in [3.05, 3.63) is 65.5 Å². The fraction of sp³-hybridized carbons (Fsp3) is 0.200. The van der Waals surface area contributed by atoms with Gasteiger partial charge < -0.3 is 5.73 Å². The average Bonchev–Trinajstić information content (AvgIpc) is 2.48. The van der Waals surface area contributed by atoms with Crippen LogP contribution in [0, 0.1) is 5.82 Å². The molecule has 124 valence electrons. The van der Waals surface area contributed by atoms with E-state index in [2.05, 4.69) is 5.73 Å². The minimum Gasteiger partial charge on any atom is -0.356 e. The van der Waals surface area contributed by atoms with E-state index in [1.54, 1.807) is 0 Å². The molecule has 2 rings (SSSR count). The van der Waals surface area contributed by atoms with Crippen molar-refractivity contribution in [3.63, 3.8) is 0 Å². The van der Waals surface area contributed by atoms with Gasteiger partial charge in [0.2, 0.25) is 0 Å². The Labute approximate surface area is 130 Å². The van der Waals surface area contributed by atoms with Crippen LogP contribution in [0.5, 0.6) is 0 Å². The van der Waals surface area contributed by atoms with Crippen LogP contribution >= 0.6 is 0 Å². The normalized spacial score (nSPS) is 13.8. The van der Waals surface area contributed by atoms with Crippen LogP contribution in [0.2, 0.25) is 0 Å². The lowest BCUT2D eigenvalue weighted by Gasteiger charge is -2.16. The molecule has 0 heterocycles. The first kappa shape index (κ1) is 17.4. The van der Waals surface area contributed by atoms with Gasteiger partial charge in [-0.3, -0.25) is 0 Å². The molecule has 1 atom stereocenters. The smallest absolute Gasteiger partial charge is 0.356 e. The summed E-state index contributed by atoms with van der Waals surface area (Å²) in [6.45, 7) is -0.0644. The highest BCUT2D eigenvalue weighted by Gasteiger charge is 2.33. The summed E-state index contributed by atoms with van der Waals surface area (Å²) in [5.41, 5.74) is 2.92. The summed E-state index contributed by atoms with van der Waals surface area (Å²) >= 11 is 0. The van der Waals surface area contributed by atoms with Gasteiger partial charge in [0.25, 0.3) is 0 Å². The number of hydrogen-bond donors (Lipinski definition) is 1. The van der Waals surface area contributed by atoms with Gasteiger partial charge in [0.05, 0.1) is 17.0 Å². The quantitative estimate of drug-likeness (QED) is 0.682. The van der Waals surface area contributed by atoms with Gasteiger partial charge in [-0.2, -0.15) is 13.2 Å². The number of halogens is 4. The maximum atomic E-state index is 12.9. The van der Waals surface area contributed by atoms with Crippen LogP contribution in [0.25, 0.3) is 0 Å². The van der Waals surface area contributed by atoms with Crippen LogP contribution in [-0.2, 0) is 16.0 Å². The molecule has 0 amide bonds. The fourth-order valence-electron chi connectivity index (χ4n) is 2.18. The lowest BCUT2D eigenvalue weighted by atomic mass is 10.1. The van der Waals surface area contributed by atoms with E-state index in [0.717, 1.165) is 48.5 Å². The van der Waals surface area contributed by atoms with Gasteiger partial charge >= 0.3 is 6.18 Å². The van der Waals surface area contributed by atoms with Crippen molar-refractivity contribution >= 4 is 9.84 Å². The zero-order valence-electron chi connectivity index (χ0n) is 11.8. The van der Waals surface area contributed by atoms with Gasteiger partial charge in [0.1, 0.15) is 11.1 Å². The Hall–Kier alpha value is -1.93. The molecule has 0 unspecified atom stereocenters. The molecule has 23 heavy (non-hydrogen) atoms. The molecule has 0 radical (unpaired) electrons. The summed E-state index contributed by atoms with van der Waals surface area (Å²) in [4.78, 5) is -0.104. The number of rotatable bonds is 4. The van der Waals surface area contributed by atoms with Crippen molar-refractivity contribution in [2.24, 2.45) is 0 Å². The van der Waals surface area contributed by atoms with Crippen molar-refractivity contribution in [3.8, 4) is 0 Å². The predicted octanol–water partition coefficient (Wildman–Crippen LogP) is 2.60. The zero-order chi connectivity index (χ0) is 17.3. The Morgan fingerprint density at radius 1 is 0.957 bits per heavy atom. The monoisotopic (exact) mass is 348 g/mol. The molecular weight excluding hydrogens is 334 g/mol. The molecule has 0 spiro atoms. The van der Waals surface area contributed by atoms with Gasteiger partial charge in [0.15, 0.2) is 9.84 Å². The van der Waals surface area contributed by atoms with Gasteiger partial charge in [-0.05, 0) is 42.0 Å². The van der Waals surface area contributed by atoms with Crippen LogP contribution < -0.4 is 5.73 Å². The first-order valence-corrected chi connectivity index (χ1v) is 8.17. The lowest BCUT2D eigenvalue weighted by Crippen LogP contribution is -2.54. The van der Waals surface area contributed by atoms with Gasteiger partial charge in [0, 0.05) is 0 Å². The van der Waals surface area contributed by atoms with Crippen molar-refractivity contribution in [2.45, 2.75) is 16.3 Å². The maximum absolute atomic E-state index is 12.9. The molecule has 0 aliphatic carbocycles. The molecule has 0 saturated carbocycles. The Morgan fingerprint density at radius 3 is 1.91 bits per heavy atom. The maximum Gasteiger partial charge on any atom is 0.416 e. The standard InChI is InChI=1S/C15H13F4NO2S/c16-12-5-7-13(8-6-12)23(21,22)14(9-20)10-1-3-11(4-2-10)15(17,18)19/h1-8,14H,9,20H2/p+1/t14-/m0/s1. The van der Waals surface area contributed by atoms with E-state index < -0.39 is 32.6 Å². The van der Waals surface area contributed by atoms with E-state index in [4.69, 9.17) is 0 Å². The predicted molar refractivity (Wildman–Crippen MR) is 75.5 cm³/mol. The van der Waals surface area contributed by atoms with Crippen LogP contribution in [0.15, 0.2) is 53.4 Å². The SMILES string of the molecule is [NH3+]C[C@@H](c1ccc(C(F)(F)F)cc1)S(=O)(=O)c1ccc(F)cc1. The van der Waals surface area contributed by atoms with E-state index in [9.17, 15) is 26.0 Å². The Balaban J connectivity index is 2.41. The highest BCUT2D eigenvalue weighted by Crippen LogP contribution is 2.32. The molecule has 2 aromatic rings. The van der Waals surface area contributed by atoms with Crippen molar-refractivity contribution in [1.82, 2.24) is 0 Å². The van der Waals surface area contributed by atoms with Gasteiger partial charge in [-0.15, -0.1) is 0 Å². The third-order valence-corrected chi connectivity index (χ3v) is 5.57. The summed E-state index contributed by atoms with van der Waals surface area (Å²) < 4.78 is 75.8. The Bertz CT molecular complexity index is 769. The molecule has 3 N–H and O–H groups in total. The highest BCUT2D eigenvalue weighted by molar-refractivity contribution is 7.91. The third-order valence-electron chi connectivity index (χ3n) is 3.39. The molecule has 3 nitrogen and oxygen atoms in total. The second-order valence-corrected chi connectivity index (χ2v) is 7.03. The van der Waals surface area contributed by atoms with Crippen LogP contribution in [-0.4, -0.2) is 15.0 Å². The number of sulfone groups is 1. The van der Waals surface area contributed by atoms with Gasteiger partial charge in [-0.25, -0.2) is 12.8 Å². The molecule has 0 bridgehead atoms. The number of benzene rings is 2. The van der Waals surface area contributed by atoms with Crippen LogP contribution in [0.4, 0.5) is 17.6 Å². The van der Waals surface area contributed by atoms with E-state index >= 15 is 0 Å². The van der Waals surface area contributed by atoms with Crippen LogP contribution in [0.3, 0.4) is 0 Å². The first-order valence-electron chi connectivity index (χ1n) is 6.62. The highest BCUT2D eigenvalue weighted by atomic mass is 32.2. The molecule has 8 heteroatoms. The number of quaternary nitrogens is 1. The van der Waals surface area contributed by atoms with E-state index in [-0.39, 0.29) is 17.0 Å². The molecule has 0 saturated heterocycles.